The zero-order valence-corrected chi connectivity index (χ0v) is 19.3. The maximum atomic E-state index is 12.9. The number of amides is 1. The molecule has 6 aromatic rings. The van der Waals surface area contributed by atoms with E-state index in [0.717, 1.165) is 22.0 Å². The van der Waals surface area contributed by atoms with Gasteiger partial charge in [-0.05, 0) is 72.6 Å². The largest absolute Gasteiger partial charge is 0.436 e. The predicted octanol–water partition coefficient (Wildman–Crippen LogP) is 6.83. The van der Waals surface area contributed by atoms with Crippen molar-refractivity contribution in [3.8, 4) is 22.6 Å². The van der Waals surface area contributed by atoms with Crippen LogP contribution in [0.25, 0.3) is 44.7 Å². The van der Waals surface area contributed by atoms with Gasteiger partial charge in [0.25, 0.3) is 5.91 Å². The number of para-hydroxylation sites is 1. The number of nitrogens with one attached hydrogen (secondary N) is 1. The standard InChI is InChI=1S/C30H20N2O4/c1-18-9-14-27-25(15-18)32-29(35-27)22-6-4-7-23(16-22)31-28(33)20-12-10-19(11-13-20)24-17-21-5-2-3-8-26(21)36-30(24)34/h2-17H,1H3,(H,31,33). The van der Waals surface area contributed by atoms with Gasteiger partial charge in [0.15, 0.2) is 5.58 Å². The summed E-state index contributed by atoms with van der Waals surface area (Å²) in [5, 5.41) is 3.75. The summed E-state index contributed by atoms with van der Waals surface area (Å²) in [4.78, 5) is 29.9. The lowest BCUT2D eigenvalue weighted by molar-refractivity contribution is 0.102. The van der Waals surface area contributed by atoms with Gasteiger partial charge in [-0.2, -0.15) is 0 Å². The Bertz CT molecular complexity index is 1810. The Hall–Kier alpha value is -4.97. The van der Waals surface area contributed by atoms with Crippen molar-refractivity contribution in [2.24, 2.45) is 0 Å². The Balaban J connectivity index is 1.23. The molecule has 0 aliphatic heterocycles. The van der Waals surface area contributed by atoms with Crippen LogP contribution in [0.2, 0.25) is 0 Å². The first kappa shape index (κ1) is 21.6. The molecule has 0 saturated carbocycles. The second-order valence-corrected chi connectivity index (χ2v) is 8.59. The lowest BCUT2D eigenvalue weighted by Gasteiger charge is -2.08. The number of carbonyl (C=O) groups is 1. The van der Waals surface area contributed by atoms with E-state index >= 15 is 0 Å². The third-order valence-corrected chi connectivity index (χ3v) is 6.01. The molecule has 0 unspecified atom stereocenters. The summed E-state index contributed by atoms with van der Waals surface area (Å²) in [5.41, 5.74) is 5.71. The Kier molecular flexibility index (Phi) is 5.19. The molecule has 4 aromatic carbocycles. The lowest BCUT2D eigenvalue weighted by atomic mass is 10.0. The smallest absolute Gasteiger partial charge is 0.344 e. The van der Waals surface area contributed by atoms with Crippen LogP contribution in [0.15, 0.2) is 111 Å². The number of oxazole rings is 1. The van der Waals surface area contributed by atoms with Gasteiger partial charge < -0.3 is 14.2 Å². The fourth-order valence-corrected chi connectivity index (χ4v) is 4.16. The summed E-state index contributed by atoms with van der Waals surface area (Å²) < 4.78 is 11.3. The van der Waals surface area contributed by atoms with E-state index < -0.39 is 5.63 Å². The van der Waals surface area contributed by atoms with Crippen molar-refractivity contribution >= 4 is 33.7 Å². The molecule has 0 saturated heterocycles. The molecular formula is C30H20N2O4. The molecule has 0 atom stereocenters. The molecule has 36 heavy (non-hydrogen) atoms. The first-order chi connectivity index (χ1) is 17.5. The minimum atomic E-state index is -0.419. The highest BCUT2D eigenvalue weighted by molar-refractivity contribution is 6.04. The number of anilines is 1. The lowest BCUT2D eigenvalue weighted by Crippen LogP contribution is -2.12. The van der Waals surface area contributed by atoms with Crippen molar-refractivity contribution in [3.05, 3.63) is 119 Å². The molecule has 2 aromatic heterocycles. The predicted molar refractivity (Wildman–Crippen MR) is 140 cm³/mol. The van der Waals surface area contributed by atoms with Gasteiger partial charge in [0.05, 0.1) is 5.56 Å². The van der Waals surface area contributed by atoms with Crippen LogP contribution in [0.1, 0.15) is 15.9 Å². The van der Waals surface area contributed by atoms with Crippen LogP contribution in [-0.4, -0.2) is 10.9 Å². The number of rotatable bonds is 4. The number of nitrogens with zero attached hydrogens (tertiary/aromatic N) is 1. The summed E-state index contributed by atoms with van der Waals surface area (Å²) in [5.74, 6) is 0.225. The SMILES string of the molecule is Cc1ccc2oc(-c3cccc(NC(=O)c4ccc(-c5cc6ccccc6oc5=O)cc4)c3)nc2c1. The fourth-order valence-electron chi connectivity index (χ4n) is 4.16. The minimum absolute atomic E-state index is 0.266. The van der Waals surface area contributed by atoms with Crippen molar-refractivity contribution in [1.82, 2.24) is 4.98 Å². The topological polar surface area (TPSA) is 85.3 Å². The number of aryl methyl sites for hydroxylation is 1. The van der Waals surface area contributed by atoms with Gasteiger partial charge in [-0.3, -0.25) is 4.79 Å². The number of aromatic nitrogens is 1. The van der Waals surface area contributed by atoms with Gasteiger partial charge in [0.1, 0.15) is 11.1 Å². The first-order valence-corrected chi connectivity index (χ1v) is 11.5. The second-order valence-electron chi connectivity index (χ2n) is 8.59. The van der Waals surface area contributed by atoms with Gasteiger partial charge in [0.2, 0.25) is 5.89 Å². The zero-order valence-electron chi connectivity index (χ0n) is 19.3. The summed E-state index contributed by atoms with van der Waals surface area (Å²) in [6.45, 7) is 2.01. The van der Waals surface area contributed by atoms with E-state index in [-0.39, 0.29) is 5.91 Å². The molecule has 0 aliphatic carbocycles. The molecule has 174 valence electrons. The van der Waals surface area contributed by atoms with Crippen molar-refractivity contribution in [3.63, 3.8) is 0 Å². The normalized spacial score (nSPS) is 11.1. The number of hydrogen-bond donors (Lipinski definition) is 1. The van der Waals surface area contributed by atoms with E-state index in [1.54, 1.807) is 36.4 Å². The molecule has 6 rings (SSSR count). The monoisotopic (exact) mass is 472 g/mol. The molecule has 1 N–H and O–H groups in total. The summed E-state index contributed by atoms with van der Waals surface area (Å²) in [6, 6.07) is 29.2. The first-order valence-electron chi connectivity index (χ1n) is 11.5. The third-order valence-electron chi connectivity index (χ3n) is 6.01. The zero-order chi connectivity index (χ0) is 24.6. The van der Waals surface area contributed by atoms with Crippen molar-refractivity contribution in [1.29, 1.82) is 0 Å². The third kappa shape index (κ3) is 4.05. The molecule has 0 spiro atoms. The van der Waals surface area contributed by atoms with Gasteiger partial charge >= 0.3 is 5.63 Å². The van der Waals surface area contributed by atoms with E-state index in [2.05, 4.69) is 10.3 Å². The Labute approximate surface area is 205 Å². The fraction of sp³-hybridized carbons (Fsp3) is 0.0333. The number of fused-ring (bicyclic) bond motifs is 2. The number of carbonyl (C=O) groups excluding carboxylic acids is 1. The highest BCUT2D eigenvalue weighted by Gasteiger charge is 2.12. The second kappa shape index (κ2) is 8.67. The van der Waals surface area contributed by atoms with Crippen molar-refractivity contribution in [2.75, 3.05) is 5.32 Å². The molecule has 0 radical (unpaired) electrons. The number of hydrogen-bond acceptors (Lipinski definition) is 5. The molecular weight excluding hydrogens is 452 g/mol. The van der Waals surface area contributed by atoms with Crippen LogP contribution in [-0.2, 0) is 0 Å². The van der Waals surface area contributed by atoms with Crippen LogP contribution in [0, 0.1) is 6.92 Å². The van der Waals surface area contributed by atoms with Crippen molar-refractivity contribution in [2.45, 2.75) is 6.92 Å². The average Bonchev–Trinajstić information content (AvgIpc) is 3.32. The Morgan fingerprint density at radius 2 is 1.61 bits per heavy atom. The van der Waals surface area contributed by atoms with Gasteiger partial charge in [0, 0.05) is 22.2 Å². The van der Waals surface area contributed by atoms with Gasteiger partial charge in [-0.15, -0.1) is 0 Å². The van der Waals surface area contributed by atoms with Crippen molar-refractivity contribution < 1.29 is 13.6 Å². The van der Waals surface area contributed by atoms with E-state index in [4.69, 9.17) is 8.83 Å². The molecule has 0 bridgehead atoms. The van der Waals surface area contributed by atoms with Gasteiger partial charge in [-0.25, -0.2) is 9.78 Å². The maximum absolute atomic E-state index is 12.9. The quantitative estimate of drug-likeness (QED) is 0.284. The van der Waals surface area contributed by atoms with E-state index in [1.807, 2.05) is 67.6 Å². The Morgan fingerprint density at radius 1 is 0.778 bits per heavy atom. The van der Waals surface area contributed by atoms with Crippen LogP contribution in [0.3, 0.4) is 0 Å². The van der Waals surface area contributed by atoms with Crippen LogP contribution in [0.5, 0.6) is 0 Å². The van der Waals surface area contributed by atoms with Gasteiger partial charge in [-0.1, -0.05) is 42.5 Å². The maximum Gasteiger partial charge on any atom is 0.344 e. The summed E-state index contributed by atoms with van der Waals surface area (Å²) in [6.07, 6.45) is 0. The minimum Gasteiger partial charge on any atom is -0.436 e. The summed E-state index contributed by atoms with van der Waals surface area (Å²) >= 11 is 0. The molecule has 0 fully saturated rings. The van der Waals surface area contributed by atoms with E-state index in [0.29, 0.717) is 39.4 Å². The van der Waals surface area contributed by atoms with E-state index in [9.17, 15) is 9.59 Å². The highest BCUT2D eigenvalue weighted by Crippen LogP contribution is 2.27. The molecule has 0 aliphatic rings. The van der Waals surface area contributed by atoms with Crippen LogP contribution in [0.4, 0.5) is 5.69 Å². The molecule has 6 heteroatoms. The average molecular weight is 473 g/mol. The summed E-state index contributed by atoms with van der Waals surface area (Å²) in [7, 11) is 0. The van der Waals surface area contributed by atoms with Crippen LogP contribution < -0.4 is 10.9 Å². The highest BCUT2D eigenvalue weighted by atomic mass is 16.4. The molecule has 1 amide bonds. The number of benzene rings is 4. The molecule has 2 heterocycles. The Morgan fingerprint density at radius 3 is 2.47 bits per heavy atom. The molecule has 6 nitrogen and oxygen atoms in total. The van der Waals surface area contributed by atoms with E-state index in [1.165, 1.54) is 0 Å². The van der Waals surface area contributed by atoms with Crippen LogP contribution >= 0.6 is 0 Å².